The van der Waals surface area contributed by atoms with Crippen molar-refractivity contribution in [2.24, 2.45) is 5.92 Å². The highest BCUT2D eigenvalue weighted by Crippen LogP contribution is 2.20. The molecule has 0 spiro atoms. The molecule has 0 bridgehead atoms. The van der Waals surface area contributed by atoms with E-state index in [4.69, 9.17) is 0 Å². The molecule has 1 aliphatic rings. The number of hydrogen-bond donors (Lipinski definition) is 2. The largest absolute Gasteiger partial charge is 0.396 e. The zero-order valence-electron chi connectivity index (χ0n) is 13.2. The molecule has 1 aromatic carbocycles. The van der Waals surface area contributed by atoms with Crippen molar-refractivity contribution in [1.29, 1.82) is 0 Å². The molecule has 0 radical (unpaired) electrons. The van der Waals surface area contributed by atoms with Crippen molar-refractivity contribution in [3.63, 3.8) is 0 Å². The first-order valence-corrected chi connectivity index (χ1v) is 7.82. The standard InChI is InChI=1S/C18H23N3O/c1-13-18(11-19-16-9-8-15(10-16)12-22)14(2)21(20-13)17-6-4-3-5-7-17/h3-9,15-16,19,22H,10-12H2,1-2H3/t15-,16+/m0/s1. The molecule has 0 unspecified atom stereocenters. The van der Waals surface area contributed by atoms with Gasteiger partial charge in [-0.3, -0.25) is 0 Å². The second-order valence-electron chi connectivity index (χ2n) is 5.95. The molecule has 3 rings (SSSR count). The highest BCUT2D eigenvalue weighted by Gasteiger charge is 2.19. The fourth-order valence-corrected chi connectivity index (χ4v) is 3.05. The molecular formula is C18H23N3O. The minimum absolute atomic E-state index is 0.235. The Hall–Kier alpha value is -1.91. The number of hydrogen-bond acceptors (Lipinski definition) is 3. The van der Waals surface area contributed by atoms with Gasteiger partial charge in [-0.2, -0.15) is 5.10 Å². The average molecular weight is 297 g/mol. The Morgan fingerprint density at radius 3 is 2.68 bits per heavy atom. The number of nitrogens with one attached hydrogen (secondary N) is 1. The molecule has 0 saturated heterocycles. The van der Waals surface area contributed by atoms with Gasteiger partial charge in [0, 0.05) is 36.4 Å². The van der Waals surface area contributed by atoms with Crippen LogP contribution in [0.25, 0.3) is 5.69 Å². The summed E-state index contributed by atoms with van der Waals surface area (Å²) in [5.74, 6) is 0.298. The number of nitrogens with zero attached hydrogens (tertiary/aromatic N) is 2. The van der Waals surface area contributed by atoms with Crippen molar-refractivity contribution in [1.82, 2.24) is 15.1 Å². The van der Waals surface area contributed by atoms with E-state index in [9.17, 15) is 5.11 Å². The van der Waals surface area contributed by atoms with Crippen LogP contribution in [0, 0.1) is 19.8 Å². The first-order chi connectivity index (χ1) is 10.7. The van der Waals surface area contributed by atoms with E-state index in [0.717, 1.165) is 24.3 Å². The molecule has 1 heterocycles. The van der Waals surface area contributed by atoms with Gasteiger partial charge in [0.15, 0.2) is 0 Å². The highest BCUT2D eigenvalue weighted by molar-refractivity contribution is 5.36. The summed E-state index contributed by atoms with van der Waals surface area (Å²) in [5, 5.41) is 17.4. The molecule has 0 fully saturated rings. The van der Waals surface area contributed by atoms with Crippen LogP contribution < -0.4 is 5.32 Å². The Labute approximate surface area is 131 Å². The fraction of sp³-hybridized carbons (Fsp3) is 0.389. The summed E-state index contributed by atoms with van der Waals surface area (Å²) in [4.78, 5) is 0. The van der Waals surface area contributed by atoms with Gasteiger partial charge < -0.3 is 10.4 Å². The normalized spacial score (nSPS) is 20.7. The maximum Gasteiger partial charge on any atom is 0.0648 e. The van der Waals surface area contributed by atoms with Crippen molar-refractivity contribution in [2.45, 2.75) is 32.9 Å². The predicted octanol–water partition coefficient (Wildman–Crippen LogP) is 2.52. The van der Waals surface area contributed by atoms with E-state index in [2.05, 4.69) is 48.5 Å². The molecule has 116 valence electrons. The van der Waals surface area contributed by atoms with Gasteiger partial charge in [0.25, 0.3) is 0 Å². The third-order valence-electron chi connectivity index (χ3n) is 4.39. The van der Waals surface area contributed by atoms with Crippen LogP contribution in [0.1, 0.15) is 23.4 Å². The summed E-state index contributed by atoms with van der Waals surface area (Å²) in [6.07, 6.45) is 5.24. The third-order valence-corrected chi connectivity index (χ3v) is 4.39. The molecule has 4 heteroatoms. The Bertz CT molecular complexity index is 660. The molecule has 2 atom stereocenters. The van der Waals surface area contributed by atoms with Crippen LogP contribution in [0.5, 0.6) is 0 Å². The van der Waals surface area contributed by atoms with Crippen molar-refractivity contribution in [3.8, 4) is 5.69 Å². The number of aryl methyl sites for hydroxylation is 1. The van der Waals surface area contributed by atoms with Crippen molar-refractivity contribution >= 4 is 0 Å². The Morgan fingerprint density at radius 1 is 1.23 bits per heavy atom. The molecule has 2 N–H and O–H groups in total. The molecule has 1 aromatic heterocycles. The Kier molecular flexibility index (Phi) is 4.41. The van der Waals surface area contributed by atoms with Gasteiger partial charge in [-0.1, -0.05) is 30.4 Å². The van der Waals surface area contributed by atoms with Gasteiger partial charge in [0.05, 0.1) is 11.4 Å². The van der Waals surface area contributed by atoms with Crippen LogP contribution >= 0.6 is 0 Å². The second-order valence-corrected chi connectivity index (χ2v) is 5.95. The van der Waals surface area contributed by atoms with Crippen LogP contribution in [-0.4, -0.2) is 27.5 Å². The third kappa shape index (κ3) is 2.98. The molecule has 1 aliphatic carbocycles. The van der Waals surface area contributed by atoms with Gasteiger partial charge in [-0.05, 0) is 32.4 Å². The van der Waals surface area contributed by atoms with Crippen molar-refractivity contribution in [3.05, 3.63) is 59.4 Å². The van der Waals surface area contributed by atoms with Gasteiger partial charge in [-0.25, -0.2) is 4.68 Å². The first kappa shape index (κ1) is 15.0. The highest BCUT2D eigenvalue weighted by atomic mass is 16.3. The summed E-state index contributed by atoms with van der Waals surface area (Å²) >= 11 is 0. The molecular weight excluding hydrogens is 274 g/mol. The van der Waals surface area contributed by atoms with Gasteiger partial charge in [0.2, 0.25) is 0 Å². The fourth-order valence-electron chi connectivity index (χ4n) is 3.05. The maximum absolute atomic E-state index is 9.19. The number of aromatic nitrogens is 2. The lowest BCUT2D eigenvalue weighted by Gasteiger charge is -2.13. The molecule has 0 aliphatic heterocycles. The second kappa shape index (κ2) is 6.46. The van der Waals surface area contributed by atoms with Crippen LogP contribution in [-0.2, 0) is 6.54 Å². The lowest BCUT2D eigenvalue weighted by Crippen LogP contribution is -2.26. The van der Waals surface area contributed by atoms with Crippen LogP contribution in [0.3, 0.4) is 0 Å². The lowest BCUT2D eigenvalue weighted by molar-refractivity contribution is 0.246. The number of aliphatic hydroxyl groups excluding tert-OH is 1. The van der Waals surface area contributed by atoms with Gasteiger partial charge >= 0.3 is 0 Å². The molecule has 22 heavy (non-hydrogen) atoms. The maximum atomic E-state index is 9.19. The quantitative estimate of drug-likeness (QED) is 0.834. The van der Waals surface area contributed by atoms with E-state index in [-0.39, 0.29) is 6.61 Å². The van der Waals surface area contributed by atoms with Crippen molar-refractivity contribution < 1.29 is 5.11 Å². The summed E-state index contributed by atoms with van der Waals surface area (Å²) in [7, 11) is 0. The Morgan fingerprint density at radius 2 is 2.00 bits per heavy atom. The van der Waals surface area contributed by atoms with Crippen molar-refractivity contribution in [2.75, 3.05) is 6.61 Å². The minimum Gasteiger partial charge on any atom is -0.396 e. The number of para-hydroxylation sites is 1. The predicted molar refractivity (Wildman–Crippen MR) is 88.0 cm³/mol. The summed E-state index contributed by atoms with van der Waals surface area (Å²) in [6.45, 7) is 5.21. The van der Waals surface area contributed by atoms with E-state index in [1.807, 2.05) is 22.9 Å². The van der Waals surface area contributed by atoms with E-state index in [0.29, 0.717) is 12.0 Å². The summed E-state index contributed by atoms with van der Waals surface area (Å²) in [5.41, 5.74) is 4.59. The van der Waals surface area contributed by atoms with E-state index >= 15 is 0 Å². The minimum atomic E-state index is 0.235. The van der Waals surface area contributed by atoms with Crippen LogP contribution in [0.15, 0.2) is 42.5 Å². The monoisotopic (exact) mass is 297 g/mol. The Balaban J connectivity index is 1.73. The molecule has 0 saturated carbocycles. The SMILES string of the molecule is Cc1nn(-c2ccccc2)c(C)c1CN[C@@H]1C=C[C@H](CO)C1. The van der Waals surface area contributed by atoms with E-state index < -0.39 is 0 Å². The zero-order chi connectivity index (χ0) is 15.5. The van der Waals surface area contributed by atoms with Gasteiger partial charge in [-0.15, -0.1) is 0 Å². The number of aliphatic hydroxyl groups is 1. The zero-order valence-corrected chi connectivity index (χ0v) is 13.2. The van der Waals surface area contributed by atoms with E-state index in [1.165, 1.54) is 11.3 Å². The lowest BCUT2D eigenvalue weighted by atomic mass is 10.1. The van der Waals surface area contributed by atoms with E-state index in [1.54, 1.807) is 0 Å². The van der Waals surface area contributed by atoms with Gasteiger partial charge in [0.1, 0.15) is 0 Å². The molecule has 0 amide bonds. The topological polar surface area (TPSA) is 50.1 Å². The number of benzene rings is 1. The van der Waals surface area contributed by atoms with Crippen LogP contribution in [0.4, 0.5) is 0 Å². The smallest absolute Gasteiger partial charge is 0.0648 e. The summed E-state index contributed by atoms with van der Waals surface area (Å²) in [6, 6.07) is 10.6. The first-order valence-electron chi connectivity index (χ1n) is 7.82. The summed E-state index contributed by atoms with van der Waals surface area (Å²) < 4.78 is 2.01. The number of rotatable bonds is 5. The average Bonchev–Trinajstić information content (AvgIpc) is 3.11. The molecule has 4 nitrogen and oxygen atoms in total. The van der Waals surface area contributed by atoms with Crippen LogP contribution in [0.2, 0.25) is 0 Å². The molecule has 2 aromatic rings.